The molecule has 2 aliphatic rings. The highest BCUT2D eigenvalue weighted by Crippen LogP contribution is 2.30. The van der Waals surface area contributed by atoms with Crippen LogP contribution in [0.1, 0.15) is 11.6 Å². The van der Waals surface area contributed by atoms with E-state index < -0.39 is 6.10 Å². The first-order chi connectivity index (χ1) is 10.7. The number of hydrogen-bond donors (Lipinski definition) is 0. The van der Waals surface area contributed by atoms with Crippen LogP contribution in [-0.2, 0) is 14.3 Å². The van der Waals surface area contributed by atoms with Crippen LogP contribution >= 0.6 is 11.8 Å². The van der Waals surface area contributed by atoms with Crippen molar-refractivity contribution in [2.75, 3.05) is 38.2 Å². The summed E-state index contributed by atoms with van der Waals surface area (Å²) in [6.07, 6.45) is -0.617. The molecular weight excluding hydrogens is 300 g/mol. The molecule has 0 saturated carbocycles. The average Bonchev–Trinajstić information content (AvgIpc) is 2.58. The molecule has 3 rings (SSSR count). The van der Waals surface area contributed by atoms with Gasteiger partial charge < -0.3 is 14.5 Å². The molecule has 0 aromatic heterocycles. The maximum atomic E-state index is 12.8. The summed E-state index contributed by atoms with van der Waals surface area (Å²) in [4.78, 5) is 28.3. The van der Waals surface area contributed by atoms with Gasteiger partial charge in [-0.3, -0.25) is 9.59 Å². The second kappa shape index (κ2) is 6.71. The van der Waals surface area contributed by atoms with Gasteiger partial charge in [0.15, 0.2) is 6.10 Å². The fourth-order valence-corrected chi connectivity index (χ4v) is 3.83. The Bertz CT molecular complexity index is 546. The molecule has 2 fully saturated rings. The summed E-state index contributed by atoms with van der Waals surface area (Å²) >= 11 is 1.86. The molecule has 0 spiro atoms. The summed E-state index contributed by atoms with van der Waals surface area (Å²) in [7, 11) is 1.74. The van der Waals surface area contributed by atoms with Crippen LogP contribution in [0.25, 0.3) is 0 Å². The average molecular weight is 320 g/mol. The monoisotopic (exact) mass is 320 g/mol. The van der Waals surface area contributed by atoms with E-state index in [0.29, 0.717) is 0 Å². The van der Waals surface area contributed by atoms with Crippen LogP contribution in [0.3, 0.4) is 0 Å². The maximum absolute atomic E-state index is 12.8. The first-order valence-corrected chi connectivity index (χ1v) is 8.62. The van der Waals surface area contributed by atoms with E-state index in [1.807, 2.05) is 47.0 Å². The van der Waals surface area contributed by atoms with Crippen molar-refractivity contribution in [3.8, 4) is 0 Å². The lowest BCUT2D eigenvalue weighted by Crippen LogP contribution is -2.55. The Morgan fingerprint density at radius 1 is 1.23 bits per heavy atom. The van der Waals surface area contributed by atoms with Gasteiger partial charge in [0.2, 0.25) is 5.91 Å². The maximum Gasteiger partial charge on any atom is 0.254 e. The number of hydrogen-bond acceptors (Lipinski definition) is 4. The van der Waals surface area contributed by atoms with E-state index in [4.69, 9.17) is 4.74 Å². The number of amides is 2. The van der Waals surface area contributed by atoms with Crippen LogP contribution in [0.15, 0.2) is 30.3 Å². The zero-order valence-electron chi connectivity index (χ0n) is 12.6. The van der Waals surface area contributed by atoms with Gasteiger partial charge in [0, 0.05) is 31.6 Å². The first-order valence-electron chi connectivity index (χ1n) is 7.47. The van der Waals surface area contributed by atoms with Crippen molar-refractivity contribution in [2.24, 2.45) is 0 Å². The summed E-state index contributed by atoms with van der Waals surface area (Å²) in [5.41, 5.74) is 0.933. The summed E-state index contributed by atoms with van der Waals surface area (Å²) in [5.74, 6) is 1.83. The van der Waals surface area contributed by atoms with Gasteiger partial charge >= 0.3 is 0 Å². The number of nitrogens with zero attached hydrogens (tertiary/aromatic N) is 2. The zero-order valence-corrected chi connectivity index (χ0v) is 13.4. The highest BCUT2D eigenvalue weighted by Gasteiger charge is 2.41. The van der Waals surface area contributed by atoms with E-state index in [1.54, 1.807) is 11.9 Å². The van der Waals surface area contributed by atoms with Crippen molar-refractivity contribution < 1.29 is 14.3 Å². The lowest BCUT2D eigenvalue weighted by atomic mass is 9.97. The molecule has 0 radical (unpaired) electrons. The number of benzene rings is 1. The summed E-state index contributed by atoms with van der Waals surface area (Å²) in [5, 5.41) is 0. The SMILES string of the molecule is CN1C(=O)CO[C@@H](C(=O)N2CCSCC2)[C@H]1c1ccccc1. The van der Waals surface area contributed by atoms with Crippen molar-refractivity contribution in [1.82, 2.24) is 9.80 Å². The topological polar surface area (TPSA) is 49.9 Å². The van der Waals surface area contributed by atoms with Gasteiger partial charge in [-0.15, -0.1) is 0 Å². The molecule has 5 nitrogen and oxygen atoms in total. The van der Waals surface area contributed by atoms with Gasteiger partial charge in [0.1, 0.15) is 6.61 Å². The molecule has 2 heterocycles. The normalized spacial score (nSPS) is 26.1. The molecule has 118 valence electrons. The van der Waals surface area contributed by atoms with E-state index in [9.17, 15) is 9.59 Å². The van der Waals surface area contributed by atoms with E-state index in [-0.39, 0.29) is 24.5 Å². The lowest BCUT2D eigenvalue weighted by molar-refractivity contribution is -0.167. The molecule has 2 atom stereocenters. The van der Waals surface area contributed by atoms with Gasteiger partial charge in [-0.2, -0.15) is 11.8 Å². The van der Waals surface area contributed by atoms with Crippen LogP contribution in [0, 0.1) is 0 Å². The molecular formula is C16H20N2O3S. The third-order valence-electron chi connectivity index (χ3n) is 4.19. The minimum absolute atomic E-state index is 0.00602. The summed E-state index contributed by atoms with van der Waals surface area (Å²) in [6, 6.07) is 9.28. The van der Waals surface area contributed by atoms with Gasteiger partial charge in [0.25, 0.3) is 5.91 Å². The molecule has 2 aliphatic heterocycles. The Morgan fingerprint density at radius 3 is 2.59 bits per heavy atom. The number of carbonyl (C=O) groups excluding carboxylic acids is 2. The second-order valence-corrected chi connectivity index (χ2v) is 6.75. The fourth-order valence-electron chi connectivity index (χ4n) is 2.93. The highest BCUT2D eigenvalue weighted by atomic mass is 32.2. The molecule has 2 amide bonds. The molecule has 0 aliphatic carbocycles. The van der Waals surface area contributed by atoms with Crippen LogP contribution in [0.4, 0.5) is 0 Å². The van der Waals surface area contributed by atoms with Crippen molar-refractivity contribution in [1.29, 1.82) is 0 Å². The predicted octanol–water partition coefficient (Wildman–Crippen LogP) is 1.16. The summed E-state index contributed by atoms with van der Waals surface area (Å²) in [6.45, 7) is 1.48. The number of rotatable bonds is 2. The van der Waals surface area contributed by atoms with Crippen molar-refractivity contribution >= 4 is 23.6 Å². The molecule has 0 unspecified atom stereocenters. The first kappa shape index (κ1) is 15.4. The zero-order chi connectivity index (χ0) is 15.5. The largest absolute Gasteiger partial charge is 0.356 e. The minimum Gasteiger partial charge on any atom is -0.356 e. The van der Waals surface area contributed by atoms with Crippen molar-refractivity contribution in [3.63, 3.8) is 0 Å². The van der Waals surface area contributed by atoms with E-state index >= 15 is 0 Å². The van der Waals surface area contributed by atoms with Crippen LogP contribution < -0.4 is 0 Å². The molecule has 1 aromatic rings. The van der Waals surface area contributed by atoms with Gasteiger partial charge in [-0.25, -0.2) is 0 Å². The molecule has 0 N–H and O–H groups in total. The predicted molar refractivity (Wildman–Crippen MR) is 85.6 cm³/mol. The number of likely N-dealkylation sites (N-methyl/N-ethyl adjacent to an activating group) is 1. The number of thioether (sulfide) groups is 1. The summed E-state index contributed by atoms with van der Waals surface area (Å²) < 4.78 is 5.65. The molecule has 1 aromatic carbocycles. The van der Waals surface area contributed by atoms with E-state index in [0.717, 1.165) is 30.2 Å². The highest BCUT2D eigenvalue weighted by molar-refractivity contribution is 7.99. The van der Waals surface area contributed by atoms with E-state index in [1.165, 1.54) is 0 Å². The van der Waals surface area contributed by atoms with Crippen LogP contribution in [-0.4, -0.2) is 66.0 Å². The quantitative estimate of drug-likeness (QED) is 0.820. The molecule has 22 heavy (non-hydrogen) atoms. The van der Waals surface area contributed by atoms with Gasteiger partial charge in [0.05, 0.1) is 6.04 Å². The fraction of sp³-hybridized carbons (Fsp3) is 0.500. The van der Waals surface area contributed by atoms with Crippen molar-refractivity contribution in [3.05, 3.63) is 35.9 Å². The molecule has 2 saturated heterocycles. The number of morpholine rings is 1. The molecule has 6 heteroatoms. The van der Waals surface area contributed by atoms with Gasteiger partial charge in [-0.05, 0) is 5.56 Å². The second-order valence-electron chi connectivity index (χ2n) is 5.53. The third kappa shape index (κ3) is 2.98. The Balaban J connectivity index is 1.86. The van der Waals surface area contributed by atoms with Crippen molar-refractivity contribution in [2.45, 2.75) is 12.1 Å². The minimum atomic E-state index is -0.617. The smallest absolute Gasteiger partial charge is 0.254 e. The van der Waals surface area contributed by atoms with Crippen LogP contribution in [0.2, 0.25) is 0 Å². The third-order valence-corrected chi connectivity index (χ3v) is 5.13. The van der Waals surface area contributed by atoms with Crippen LogP contribution in [0.5, 0.6) is 0 Å². The number of ether oxygens (including phenoxy) is 1. The van der Waals surface area contributed by atoms with E-state index in [2.05, 4.69) is 0 Å². The van der Waals surface area contributed by atoms with Gasteiger partial charge in [-0.1, -0.05) is 30.3 Å². The Labute approximate surface area is 134 Å². The Kier molecular flexibility index (Phi) is 4.69. The molecule has 0 bridgehead atoms. The Hall–Kier alpha value is -1.53. The lowest BCUT2D eigenvalue weighted by Gasteiger charge is -2.40. The number of carbonyl (C=O) groups is 2. The Morgan fingerprint density at radius 2 is 1.91 bits per heavy atom. The standard InChI is InChI=1S/C16H20N2O3S/c1-17-13(19)11-21-15(14(17)12-5-3-2-4-6-12)16(20)18-7-9-22-10-8-18/h2-6,14-15H,7-11H2,1H3/t14-,15-/m1/s1.